The van der Waals surface area contributed by atoms with Crippen LogP contribution in [-0.4, -0.2) is 29.4 Å². The molecule has 0 saturated carbocycles. The highest BCUT2D eigenvalue weighted by atomic mass is 32.2. The summed E-state index contributed by atoms with van der Waals surface area (Å²) in [5, 5.41) is 24.5. The Labute approximate surface area is 153 Å². The molecular formula is C17H11FN4O4S. The number of rotatable bonds is 4. The van der Waals surface area contributed by atoms with Crippen molar-refractivity contribution in [3.05, 3.63) is 70.2 Å². The molecule has 3 aromatic rings. The second-order valence-corrected chi connectivity index (χ2v) is 7.64. The molecule has 0 fully saturated rings. The van der Waals surface area contributed by atoms with E-state index in [0.29, 0.717) is 11.3 Å². The third-order valence-electron chi connectivity index (χ3n) is 3.76. The van der Waals surface area contributed by atoms with Gasteiger partial charge in [-0.3, -0.25) is 10.1 Å². The number of nitro groups is 1. The van der Waals surface area contributed by atoms with Gasteiger partial charge in [-0.2, -0.15) is 10.4 Å². The molecule has 3 rings (SSSR count). The fraction of sp³-hybridized carbons (Fsp3) is 0.0588. The number of aromatic nitrogens is 2. The van der Waals surface area contributed by atoms with Crippen LogP contribution in [0.4, 0.5) is 10.1 Å². The first-order valence-corrected chi connectivity index (χ1v) is 9.35. The van der Waals surface area contributed by atoms with E-state index in [1.807, 2.05) is 6.07 Å². The Morgan fingerprint density at radius 1 is 1.19 bits per heavy atom. The summed E-state index contributed by atoms with van der Waals surface area (Å²) in [5.74, 6) is -0.780. The molecule has 0 bridgehead atoms. The van der Waals surface area contributed by atoms with Crippen LogP contribution in [0.3, 0.4) is 0 Å². The lowest BCUT2D eigenvalue weighted by atomic mass is 10.1. The molecule has 0 radical (unpaired) electrons. The molecule has 1 aromatic heterocycles. The first kappa shape index (κ1) is 18.2. The molecule has 2 aromatic carbocycles. The zero-order valence-corrected chi connectivity index (χ0v) is 14.6. The molecule has 0 atom stereocenters. The number of nitrogens with zero attached hydrogens (tertiary/aromatic N) is 4. The van der Waals surface area contributed by atoms with Crippen LogP contribution in [0.2, 0.25) is 0 Å². The van der Waals surface area contributed by atoms with Gasteiger partial charge in [0.25, 0.3) is 5.69 Å². The van der Waals surface area contributed by atoms with Crippen LogP contribution in [0.25, 0.3) is 16.9 Å². The molecule has 1 heterocycles. The smallest absolute Gasteiger partial charge is 0.258 e. The van der Waals surface area contributed by atoms with Crippen molar-refractivity contribution in [1.29, 1.82) is 5.26 Å². The monoisotopic (exact) mass is 386 g/mol. The van der Waals surface area contributed by atoms with E-state index in [4.69, 9.17) is 5.26 Å². The number of benzene rings is 2. The highest BCUT2D eigenvalue weighted by Crippen LogP contribution is 2.30. The van der Waals surface area contributed by atoms with E-state index >= 15 is 0 Å². The van der Waals surface area contributed by atoms with Crippen molar-refractivity contribution in [2.45, 2.75) is 4.90 Å². The van der Waals surface area contributed by atoms with Crippen molar-refractivity contribution < 1.29 is 17.7 Å². The Balaban J connectivity index is 2.22. The van der Waals surface area contributed by atoms with Crippen LogP contribution in [0.15, 0.2) is 53.4 Å². The van der Waals surface area contributed by atoms with E-state index in [2.05, 4.69) is 5.10 Å². The van der Waals surface area contributed by atoms with E-state index in [1.165, 1.54) is 36.4 Å². The summed E-state index contributed by atoms with van der Waals surface area (Å²) in [4.78, 5) is 10.6. The maximum atomic E-state index is 13.4. The predicted molar refractivity (Wildman–Crippen MR) is 93.4 cm³/mol. The number of nitro benzene ring substituents is 1. The topological polar surface area (TPSA) is 119 Å². The lowest BCUT2D eigenvalue weighted by molar-refractivity contribution is -0.384. The molecule has 27 heavy (non-hydrogen) atoms. The maximum absolute atomic E-state index is 13.4. The minimum Gasteiger partial charge on any atom is -0.258 e. The van der Waals surface area contributed by atoms with Gasteiger partial charge in [-0.15, -0.1) is 0 Å². The van der Waals surface area contributed by atoms with Crippen molar-refractivity contribution in [3.8, 4) is 23.0 Å². The van der Waals surface area contributed by atoms with Gasteiger partial charge in [-0.1, -0.05) is 12.1 Å². The van der Waals surface area contributed by atoms with Crippen molar-refractivity contribution in [1.82, 2.24) is 9.78 Å². The SMILES string of the molecule is CS(=O)(=O)c1ccc(-c2cc(C#N)nn2-c2ccc(F)cc2[N+](=O)[O-])cc1. The first-order chi connectivity index (χ1) is 12.7. The molecule has 10 heteroatoms. The third-order valence-corrected chi connectivity index (χ3v) is 4.89. The fourth-order valence-corrected chi connectivity index (χ4v) is 3.15. The zero-order chi connectivity index (χ0) is 19.8. The number of nitriles is 1. The molecule has 8 nitrogen and oxygen atoms in total. The summed E-state index contributed by atoms with van der Waals surface area (Å²) in [6.45, 7) is 0. The van der Waals surface area contributed by atoms with Crippen molar-refractivity contribution in [3.63, 3.8) is 0 Å². The molecule has 0 unspecified atom stereocenters. The third kappa shape index (κ3) is 3.54. The minimum atomic E-state index is -3.39. The average molecular weight is 386 g/mol. The molecule has 0 spiro atoms. The fourth-order valence-electron chi connectivity index (χ4n) is 2.52. The van der Waals surface area contributed by atoms with Crippen molar-refractivity contribution in [2.75, 3.05) is 6.26 Å². The van der Waals surface area contributed by atoms with E-state index < -0.39 is 26.3 Å². The van der Waals surface area contributed by atoms with Gasteiger partial charge in [-0.05, 0) is 24.3 Å². The minimum absolute atomic E-state index is 0.00388. The second-order valence-electron chi connectivity index (χ2n) is 5.63. The summed E-state index contributed by atoms with van der Waals surface area (Å²) in [6, 6.07) is 12.0. The molecule has 0 saturated heterocycles. The molecule has 0 aliphatic rings. The molecule has 0 aliphatic heterocycles. The Kier molecular flexibility index (Phi) is 4.47. The van der Waals surface area contributed by atoms with Crippen LogP contribution >= 0.6 is 0 Å². The number of sulfone groups is 1. The summed E-state index contributed by atoms with van der Waals surface area (Å²) in [7, 11) is -3.39. The summed E-state index contributed by atoms with van der Waals surface area (Å²) < 4.78 is 37.8. The summed E-state index contributed by atoms with van der Waals surface area (Å²) in [6.07, 6.45) is 1.07. The quantitative estimate of drug-likeness (QED) is 0.502. The van der Waals surface area contributed by atoms with Gasteiger partial charge >= 0.3 is 0 Å². The predicted octanol–water partition coefficient (Wildman–Crippen LogP) is 2.86. The van der Waals surface area contributed by atoms with Crippen molar-refractivity contribution >= 4 is 15.5 Å². The largest absolute Gasteiger partial charge is 0.297 e. The number of hydrogen-bond donors (Lipinski definition) is 0. The molecule has 0 aliphatic carbocycles. The standard InChI is InChI=1S/C17H11FN4O4S/c1-27(25,26)14-5-2-11(3-6-14)16-9-13(10-19)20-21(16)15-7-4-12(18)8-17(15)22(23)24/h2-9H,1H3. The van der Waals surface area contributed by atoms with Crippen LogP contribution in [-0.2, 0) is 9.84 Å². The van der Waals surface area contributed by atoms with Gasteiger partial charge in [0.1, 0.15) is 17.6 Å². The highest BCUT2D eigenvalue weighted by molar-refractivity contribution is 7.90. The van der Waals surface area contributed by atoms with Crippen LogP contribution in [0.5, 0.6) is 0 Å². The second kappa shape index (κ2) is 6.62. The van der Waals surface area contributed by atoms with Crippen molar-refractivity contribution in [2.24, 2.45) is 0 Å². The molecule has 136 valence electrons. The molecular weight excluding hydrogens is 375 g/mol. The summed E-state index contributed by atoms with van der Waals surface area (Å²) in [5.41, 5.74) is 0.258. The van der Waals surface area contributed by atoms with E-state index in [9.17, 15) is 22.9 Å². The van der Waals surface area contributed by atoms with Gasteiger partial charge in [-0.25, -0.2) is 17.5 Å². The van der Waals surface area contributed by atoms with Gasteiger partial charge in [0, 0.05) is 17.9 Å². The van der Waals surface area contributed by atoms with Gasteiger partial charge in [0.05, 0.1) is 21.6 Å². The Bertz CT molecular complexity index is 1190. The Morgan fingerprint density at radius 2 is 1.85 bits per heavy atom. The van der Waals surface area contributed by atoms with E-state index in [0.717, 1.165) is 23.1 Å². The Morgan fingerprint density at radius 3 is 2.41 bits per heavy atom. The van der Waals surface area contributed by atoms with Gasteiger partial charge in [0.15, 0.2) is 15.5 Å². The van der Waals surface area contributed by atoms with Crippen LogP contribution in [0.1, 0.15) is 5.69 Å². The summed E-state index contributed by atoms with van der Waals surface area (Å²) >= 11 is 0. The maximum Gasteiger partial charge on any atom is 0.297 e. The first-order valence-electron chi connectivity index (χ1n) is 7.45. The highest BCUT2D eigenvalue weighted by Gasteiger charge is 2.21. The lowest BCUT2D eigenvalue weighted by Crippen LogP contribution is -2.04. The van der Waals surface area contributed by atoms with Gasteiger partial charge < -0.3 is 0 Å². The van der Waals surface area contributed by atoms with Crippen LogP contribution < -0.4 is 0 Å². The molecule has 0 amide bonds. The normalized spacial score (nSPS) is 11.1. The van der Waals surface area contributed by atoms with Crippen LogP contribution in [0, 0.1) is 27.3 Å². The zero-order valence-electron chi connectivity index (χ0n) is 13.8. The average Bonchev–Trinajstić information content (AvgIpc) is 3.05. The Hall–Kier alpha value is -3.58. The molecule has 0 N–H and O–H groups in total. The van der Waals surface area contributed by atoms with Gasteiger partial charge in [0.2, 0.25) is 0 Å². The lowest BCUT2D eigenvalue weighted by Gasteiger charge is -2.09. The number of hydrogen-bond acceptors (Lipinski definition) is 6. The van der Waals surface area contributed by atoms with E-state index in [-0.39, 0.29) is 16.3 Å². The van der Waals surface area contributed by atoms with E-state index in [1.54, 1.807) is 0 Å². The number of halogens is 1.